The molecule has 0 atom stereocenters. The van der Waals surface area contributed by atoms with Crippen LogP contribution in [0.1, 0.15) is 5.69 Å². The van der Waals surface area contributed by atoms with Crippen LogP contribution in [0.3, 0.4) is 0 Å². The van der Waals surface area contributed by atoms with Crippen molar-refractivity contribution in [3.8, 4) is 5.75 Å². The molecule has 0 aliphatic rings. The Morgan fingerprint density at radius 3 is 2.88 bits per heavy atom. The fourth-order valence-electron chi connectivity index (χ4n) is 1.33. The first-order valence-electron chi connectivity index (χ1n) is 4.81. The maximum Gasteiger partial charge on any atom is 0.167 e. The highest BCUT2D eigenvalue weighted by Gasteiger charge is 2.04. The molecule has 1 aromatic carbocycles. The van der Waals surface area contributed by atoms with E-state index in [9.17, 15) is 4.39 Å². The number of halogens is 1. The van der Waals surface area contributed by atoms with Gasteiger partial charge in [-0.25, -0.2) is 4.39 Å². The van der Waals surface area contributed by atoms with Crippen LogP contribution in [0.2, 0.25) is 0 Å². The van der Waals surface area contributed by atoms with Crippen molar-refractivity contribution in [3.63, 3.8) is 0 Å². The molecule has 0 unspecified atom stereocenters. The molecule has 4 nitrogen and oxygen atoms in total. The molecular weight excluding hydrogens is 209 g/mol. The van der Waals surface area contributed by atoms with E-state index in [0.29, 0.717) is 5.69 Å². The summed E-state index contributed by atoms with van der Waals surface area (Å²) in [5.74, 6) is -0.282. The molecule has 1 aromatic heterocycles. The van der Waals surface area contributed by atoms with Gasteiger partial charge in [-0.15, -0.1) is 0 Å². The lowest BCUT2D eigenvalue weighted by molar-refractivity contribution is 0.285. The quantitative estimate of drug-likeness (QED) is 0.803. The fraction of sp³-hybridized carbons (Fsp3) is 0.182. The van der Waals surface area contributed by atoms with Crippen molar-refractivity contribution in [2.75, 3.05) is 5.73 Å². The number of ether oxygens (including phenoxy) is 1. The van der Waals surface area contributed by atoms with Crippen molar-refractivity contribution < 1.29 is 9.13 Å². The Morgan fingerprint density at radius 2 is 2.25 bits per heavy atom. The number of benzene rings is 1. The Hall–Kier alpha value is -2.04. The maximum atomic E-state index is 13.3. The van der Waals surface area contributed by atoms with Gasteiger partial charge in [0, 0.05) is 25.0 Å². The average Bonchev–Trinajstić information content (AvgIpc) is 2.63. The smallest absolute Gasteiger partial charge is 0.167 e. The SMILES string of the molecule is Cn1ccc(COc2ccc(N)cc2F)n1. The largest absolute Gasteiger partial charge is 0.484 e. The van der Waals surface area contributed by atoms with E-state index in [-0.39, 0.29) is 12.4 Å². The molecule has 0 amide bonds. The molecule has 1 heterocycles. The van der Waals surface area contributed by atoms with Crippen LogP contribution >= 0.6 is 0 Å². The molecule has 0 saturated carbocycles. The second-order valence-electron chi connectivity index (χ2n) is 3.46. The van der Waals surface area contributed by atoms with Crippen molar-refractivity contribution in [1.29, 1.82) is 0 Å². The third-order valence-corrected chi connectivity index (χ3v) is 2.10. The Labute approximate surface area is 92.4 Å². The number of aryl methyl sites for hydroxylation is 1. The molecule has 0 saturated heterocycles. The van der Waals surface area contributed by atoms with Crippen LogP contribution in [0.25, 0.3) is 0 Å². The molecule has 0 radical (unpaired) electrons. The summed E-state index contributed by atoms with van der Waals surface area (Å²) in [6.45, 7) is 0.238. The number of hydrogen-bond acceptors (Lipinski definition) is 3. The van der Waals surface area contributed by atoms with Crippen molar-refractivity contribution in [3.05, 3.63) is 42.0 Å². The summed E-state index contributed by atoms with van der Waals surface area (Å²) in [5, 5.41) is 4.12. The van der Waals surface area contributed by atoms with Crippen LogP contribution in [0.4, 0.5) is 10.1 Å². The fourth-order valence-corrected chi connectivity index (χ4v) is 1.33. The minimum Gasteiger partial charge on any atom is -0.484 e. The summed E-state index contributed by atoms with van der Waals surface area (Å²) in [6, 6.07) is 6.15. The molecule has 2 aromatic rings. The molecule has 0 aliphatic heterocycles. The standard InChI is InChI=1S/C11H12FN3O/c1-15-5-4-9(14-15)7-16-11-3-2-8(13)6-10(11)12/h2-6H,7,13H2,1H3. The van der Waals surface area contributed by atoms with Gasteiger partial charge in [0.05, 0.1) is 5.69 Å². The van der Waals surface area contributed by atoms with Gasteiger partial charge in [-0.05, 0) is 18.2 Å². The Kier molecular flexibility index (Phi) is 2.76. The second-order valence-corrected chi connectivity index (χ2v) is 3.46. The summed E-state index contributed by atoms with van der Waals surface area (Å²) in [5.41, 5.74) is 6.55. The van der Waals surface area contributed by atoms with Crippen molar-refractivity contribution in [2.24, 2.45) is 7.05 Å². The van der Waals surface area contributed by atoms with Crippen LogP contribution in [0.5, 0.6) is 5.75 Å². The molecule has 16 heavy (non-hydrogen) atoms. The van der Waals surface area contributed by atoms with E-state index in [1.807, 2.05) is 13.1 Å². The minimum absolute atomic E-state index is 0.180. The zero-order valence-electron chi connectivity index (χ0n) is 8.85. The molecule has 0 bridgehead atoms. The van der Waals surface area contributed by atoms with Gasteiger partial charge in [-0.1, -0.05) is 0 Å². The average molecular weight is 221 g/mol. The summed E-state index contributed by atoms with van der Waals surface area (Å²) in [4.78, 5) is 0. The number of nitrogens with two attached hydrogens (primary N) is 1. The predicted octanol–water partition coefficient (Wildman–Crippen LogP) is 1.72. The topological polar surface area (TPSA) is 53.1 Å². The molecule has 0 aliphatic carbocycles. The second kappa shape index (κ2) is 4.22. The van der Waals surface area contributed by atoms with Gasteiger partial charge in [-0.2, -0.15) is 5.10 Å². The molecule has 2 N–H and O–H groups in total. The van der Waals surface area contributed by atoms with E-state index in [1.165, 1.54) is 12.1 Å². The van der Waals surface area contributed by atoms with Gasteiger partial charge in [0.15, 0.2) is 11.6 Å². The first kappa shape index (κ1) is 10.5. The lowest BCUT2D eigenvalue weighted by Crippen LogP contribution is -2.00. The highest BCUT2D eigenvalue weighted by atomic mass is 19.1. The summed E-state index contributed by atoms with van der Waals surface area (Å²) in [7, 11) is 1.81. The van der Waals surface area contributed by atoms with Gasteiger partial charge in [0.25, 0.3) is 0 Å². The Bertz CT molecular complexity index is 496. The Morgan fingerprint density at radius 1 is 1.44 bits per heavy atom. The Balaban J connectivity index is 2.04. The van der Waals surface area contributed by atoms with Gasteiger partial charge < -0.3 is 10.5 Å². The number of aromatic nitrogens is 2. The monoisotopic (exact) mass is 221 g/mol. The van der Waals surface area contributed by atoms with E-state index < -0.39 is 5.82 Å². The lowest BCUT2D eigenvalue weighted by atomic mass is 10.3. The zero-order chi connectivity index (χ0) is 11.5. The third-order valence-electron chi connectivity index (χ3n) is 2.10. The molecule has 0 fully saturated rings. The van der Waals surface area contributed by atoms with Crippen molar-refractivity contribution in [2.45, 2.75) is 6.61 Å². The third kappa shape index (κ3) is 2.31. The van der Waals surface area contributed by atoms with E-state index >= 15 is 0 Å². The van der Waals surface area contributed by atoms with Crippen LogP contribution in [0, 0.1) is 5.82 Å². The highest BCUT2D eigenvalue weighted by Crippen LogP contribution is 2.20. The number of nitrogens with zero attached hydrogens (tertiary/aromatic N) is 2. The number of nitrogen functional groups attached to an aromatic ring is 1. The van der Waals surface area contributed by atoms with Crippen molar-refractivity contribution >= 4 is 5.69 Å². The van der Waals surface area contributed by atoms with Gasteiger partial charge in [0.1, 0.15) is 6.61 Å². The van der Waals surface area contributed by atoms with Crippen LogP contribution < -0.4 is 10.5 Å². The van der Waals surface area contributed by atoms with E-state index in [4.69, 9.17) is 10.5 Å². The molecule has 0 spiro atoms. The number of hydrogen-bond donors (Lipinski definition) is 1. The van der Waals surface area contributed by atoms with Crippen molar-refractivity contribution in [1.82, 2.24) is 9.78 Å². The molecule has 5 heteroatoms. The van der Waals surface area contributed by atoms with Gasteiger partial charge in [-0.3, -0.25) is 4.68 Å². The maximum absolute atomic E-state index is 13.3. The van der Waals surface area contributed by atoms with Gasteiger partial charge >= 0.3 is 0 Å². The summed E-state index contributed by atoms with van der Waals surface area (Å²) >= 11 is 0. The minimum atomic E-state index is -0.462. The first-order valence-corrected chi connectivity index (χ1v) is 4.81. The number of rotatable bonds is 3. The lowest BCUT2D eigenvalue weighted by Gasteiger charge is -2.05. The first-order chi connectivity index (χ1) is 7.65. The highest BCUT2D eigenvalue weighted by molar-refractivity contribution is 5.42. The number of anilines is 1. The van der Waals surface area contributed by atoms with Crippen LogP contribution in [-0.4, -0.2) is 9.78 Å². The summed E-state index contributed by atoms with van der Waals surface area (Å²) < 4.78 is 20.3. The van der Waals surface area contributed by atoms with E-state index in [1.54, 1.807) is 16.9 Å². The summed E-state index contributed by atoms with van der Waals surface area (Å²) in [6.07, 6.45) is 1.80. The van der Waals surface area contributed by atoms with E-state index in [0.717, 1.165) is 5.69 Å². The van der Waals surface area contributed by atoms with E-state index in [2.05, 4.69) is 5.10 Å². The van der Waals surface area contributed by atoms with Gasteiger partial charge in [0.2, 0.25) is 0 Å². The zero-order valence-corrected chi connectivity index (χ0v) is 8.85. The normalized spacial score (nSPS) is 10.4. The molecular formula is C11H12FN3O. The predicted molar refractivity (Wildman–Crippen MR) is 58.4 cm³/mol. The van der Waals surface area contributed by atoms with Crippen LogP contribution in [0.15, 0.2) is 30.5 Å². The molecule has 84 valence electrons. The molecule has 2 rings (SSSR count). The van der Waals surface area contributed by atoms with Crippen LogP contribution in [-0.2, 0) is 13.7 Å².